The highest BCUT2D eigenvalue weighted by molar-refractivity contribution is 6.17. The summed E-state index contributed by atoms with van der Waals surface area (Å²) in [5.74, 6) is 2.80. The zero-order chi connectivity index (χ0) is 13.4. The molecule has 1 aromatic carbocycles. The summed E-state index contributed by atoms with van der Waals surface area (Å²) in [6.07, 6.45) is 2.04. The van der Waals surface area contributed by atoms with Gasteiger partial charge in [0.2, 0.25) is 0 Å². The average molecular weight is 271 g/mol. The van der Waals surface area contributed by atoms with Crippen LogP contribution in [0.5, 0.6) is 11.5 Å². The lowest BCUT2D eigenvalue weighted by Gasteiger charge is -2.13. The van der Waals surface area contributed by atoms with Crippen molar-refractivity contribution in [3.8, 4) is 11.5 Å². The van der Waals surface area contributed by atoms with Crippen molar-refractivity contribution >= 4 is 11.6 Å². The van der Waals surface area contributed by atoms with E-state index >= 15 is 0 Å². The number of ether oxygens (including phenoxy) is 2. The fraction of sp³-hybridized carbons (Fsp3) is 0.600. The monoisotopic (exact) mass is 270 g/mol. The Morgan fingerprint density at radius 1 is 1.17 bits per heavy atom. The molecule has 18 heavy (non-hydrogen) atoms. The SMILES string of the molecule is CCCOc1ccc(CCl)c(OCCC(C)C)c1. The molecular formula is C15H23ClO2. The van der Waals surface area contributed by atoms with Crippen LogP contribution < -0.4 is 9.47 Å². The summed E-state index contributed by atoms with van der Waals surface area (Å²) in [5.41, 5.74) is 1.02. The van der Waals surface area contributed by atoms with Gasteiger partial charge in [0.25, 0.3) is 0 Å². The second-order valence-electron chi connectivity index (χ2n) is 4.78. The highest BCUT2D eigenvalue weighted by atomic mass is 35.5. The summed E-state index contributed by atoms with van der Waals surface area (Å²) >= 11 is 5.91. The molecule has 102 valence electrons. The highest BCUT2D eigenvalue weighted by Gasteiger charge is 2.06. The summed E-state index contributed by atoms with van der Waals surface area (Å²) in [5, 5.41) is 0. The van der Waals surface area contributed by atoms with Crippen molar-refractivity contribution in [3.63, 3.8) is 0 Å². The van der Waals surface area contributed by atoms with E-state index in [2.05, 4.69) is 20.8 Å². The molecular weight excluding hydrogens is 248 g/mol. The van der Waals surface area contributed by atoms with E-state index in [0.717, 1.165) is 43.1 Å². The van der Waals surface area contributed by atoms with E-state index in [1.165, 1.54) is 0 Å². The first-order valence-corrected chi connectivity index (χ1v) is 7.15. The molecule has 0 aliphatic carbocycles. The van der Waals surface area contributed by atoms with Gasteiger partial charge in [-0.2, -0.15) is 0 Å². The Morgan fingerprint density at radius 2 is 1.94 bits per heavy atom. The second-order valence-corrected chi connectivity index (χ2v) is 5.05. The van der Waals surface area contributed by atoms with Gasteiger partial charge in [-0.3, -0.25) is 0 Å². The number of alkyl halides is 1. The molecule has 0 aliphatic rings. The van der Waals surface area contributed by atoms with Crippen molar-refractivity contribution in [2.75, 3.05) is 13.2 Å². The zero-order valence-corrected chi connectivity index (χ0v) is 12.3. The minimum Gasteiger partial charge on any atom is -0.493 e. The molecule has 3 heteroatoms. The molecule has 0 spiro atoms. The van der Waals surface area contributed by atoms with Crippen LogP contribution in [0.3, 0.4) is 0 Å². The molecule has 0 heterocycles. The summed E-state index contributed by atoms with van der Waals surface area (Å²) in [6, 6.07) is 5.86. The van der Waals surface area contributed by atoms with Crippen LogP contribution in [0.15, 0.2) is 18.2 Å². The fourth-order valence-corrected chi connectivity index (χ4v) is 1.71. The average Bonchev–Trinajstić information content (AvgIpc) is 2.36. The molecule has 0 fully saturated rings. The maximum absolute atomic E-state index is 5.91. The number of halogens is 1. The molecule has 0 atom stereocenters. The Hall–Kier alpha value is -0.890. The Morgan fingerprint density at radius 3 is 2.56 bits per heavy atom. The third-order valence-corrected chi connectivity index (χ3v) is 2.90. The minimum absolute atomic E-state index is 0.463. The fourth-order valence-electron chi connectivity index (χ4n) is 1.49. The molecule has 1 aromatic rings. The summed E-state index contributed by atoms with van der Waals surface area (Å²) in [6.45, 7) is 7.91. The third kappa shape index (κ3) is 5.18. The van der Waals surface area contributed by atoms with Crippen LogP contribution in [0.25, 0.3) is 0 Å². The van der Waals surface area contributed by atoms with Crippen LogP contribution in [0.1, 0.15) is 39.2 Å². The molecule has 1 rings (SSSR count). The van der Waals surface area contributed by atoms with Gasteiger partial charge in [-0.05, 0) is 24.8 Å². The Bertz CT molecular complexity index is 350. The van der Waals surface area contributed by atoms with Gasteiger partial charge >= 0.3 is 0 Å². The Balaban J connectivity index is 2.66. The topological polar surface area (TPSA) is 18.5 Å². The van der Waals surface area contributed by atoms with E-state index in [-0.39, 0.29) is 0 Å². The van der Waals surface area contributed by atoms with Gasteiger partial charge in [0.05, 0.1) is 19.1 Å². The second kappa shape index (κ2) is 8.25. The van der Waals surface area contributed by atoms with E-state index in [0.29, 0.717) is 11.8 Å². The van der Waals surface area contributed by atoms with Crippen molar-refractivity contribution in [2.45, 2.75) is 39.5 Å². The van der Waals surface area contributed by atoms with E-state index < -0.39 is 0 Å². The van der Waals surface area contributed by atoms with Crippen molar-refractivity contribution in [3.05, 3.63) is 23.8 Å². The maximum Gasteiger partial charge on any atom is 0.127 e. The van der Waals surface area contributed by atoms with Gasteiger partial charge in [-0.25, -0.2) is 0 Å². The van der Waals surface area contributed by atoms with Gasteiger partial charge in [0, 0.05) is 11.6 Å². The molecule has 0 aromatic heterocycles. The van der Waals surface area contributed by atoms with Crippen molar-refractivity contribution in [2.24, 2.45) is 5.92 Å². The zero-order valence-electron chi connectivity index (χ0n) is 11.5. The molecule has 0 saturated heterocycles. The van der Waals surface area contributed by atoms with Crippen LogP contribution in [-0.4, -0.2) is 13.2 Å². The van der Waals surface area contributed by atoms with E-state index in [1.54, 1.807) is 0 Å². The van der Waals surface area contributed by atoms with E-state index in [4.69, 9.17) is 21.1 Å². The first-order chi connectivity index (χ1) is 8.67. The van der Waals surface area contributed by atoms with E-state index in [1.807, 2.05) is 18.2 Å². The quantitative estimate of drug-likeness (QED) is 0.641. The van der Waals surface area contributed by atoms with Crippen LogP contribution in [-0.2, 0) is 5.88 Å². The maximum atomic E-state index is 5.91. The number of benzene rings is 1. The summed E-state index contributed by atoms with van der Waals surface area (Å²) in [7, 11) is 0. The molecule has 2 nitrogen and oxygen atoms in total. The smallest absolute Gasteiger partial charge is 0.127 e. The number of rotatable bonds is 8. The molecule has 0 amide bonds. The van der Waals surface area contributed by atoms with Crippen molar-refractivity contribution in [1.82, 2.24) is 0 Å². The molecule has 0 N–H and O–H groups in total. The van der Waals surface area contributed by atoms with Gasteiger partial charge in [0.1, 0.15) is 11.5 Å². The van der Waals surface area contributed by atoms with Crippen molar-refractivity contribution in [1.29, 1.82) is 0 Å². The molecule has 0 aliphatic heterocycles. The number of hydrogen-bond donors (Lipinski definition) is 0. The lowest BCUT2D eigenvalue weighted by Crippen LogP contribution is -2.03. The van der Waals surface area contributed by atoms with E-state index in [9.17, 15) is 0 Å². The predicted octanol–water partition coefficient (Wildman–Crippen LogP) is 4.64. The molecule has 0 saturated carbocycles. The normalized spacial score (nSPS) is 10.7. The van der Waals surface area contributed by atoms with Crippen LogP contribution in [0.4, 0.5) is 0 Å². The largest absolute Gasteiger partial charge is 0.493 e. The van der Waals surface area contributed by atoms with Gasteiger partial charge in [-0.15, -0.1) is 11.6 Å². The lowest BCUT2D eigenvalue weighted by atomic mass is 10.1. The van der Waals surface area contributed by atoms with Crippen LogP contribution in [0.2, 0.25) is 0 Å². The summed E-state index contributed by atoms with van der Waals surface area (Å²) in [4.78, 5) is 0. The highest BCUT2D eigenvalue weighted by Crippen LogP contribution is 2.26. The van der Waals surface area contributed by atoms with Gasteiger partial charge in [-0.1, -0.05) is 26.8 Å². The third-order valence-electron chi connectivity index (χ3n) is 2.61. The number of hydrogen-bond acceptors (Lipinski definition) is 2. The van der Waals surface area contributed by atoms with Crippen molar-refractivity contribution < 1.29 is 9.47 Å². The van der Waals surface area contributed by atoms with Gasteiger partial charge in [0.15, 0.2) is 0 Å². The minimum atomic E-state index is 0.463. The molecule has 0 radical (unpaired) electrons. The van der Waals surface area contributed by atoms with Crippen LogP contribution in [0, 0.1) is 5.92 Å². The Kier molecular flexibility index (Phi) is 6.96. The first-order valence-electron chi connectivity index (χ1n) is 6.61. The predicted molar refractivity (Wildman–Crippen MR) is 76.7 cm³/mol. The molecule has 0 unspecified atom stereocenters. The van der Waals surface area contributed by atoms with Gasteiger partial charge < -0.3 is 9.47 Å². The standard InChI is InChI=1S/C15H23ClO2/c1-4-8-17-14-6-5-13(11-16)15(10-14)18-9-7-12(2)3/h5-6,10,12H,4,7-9,11H2,1-3H3. The Labute approximate surface area is 115 Å². The lowest BCUT2D eigenvalue weighted by molar-refractivity contribution is 0.281. The molecule has 0 bridgehead atoms. The van der Waals surface area contributed by atoms with Crippen LogP contribution >= 0.6 is 11.6 Å². The first kappa shape index (κ1) is 15.2. The summed E-state index contributed by atoms with van der Waals surface area (Å²) < 4.78 is 11.4.